The first-order valence-corrected chi connectivity index (χ1v) is 5.87. The van der Waals surface area contributed by atoms with Crippen LogP contribution in [0.5, 0.6) is 0 Å². The van der Waals surface area contributed by atoms with Gasteiger partial charge in [-0.3, -0.25) is 9.59 Å². The second-order valence-corrected chi connectivity index (χ2v) is 4.44. The van der Waals surface area contributed by atoms with Crippen LogP contribution in [0.15, 0.2) is 18.2 Å². The van der Waals surface area contributed by atoms with E-state index in [1.54, 1.807) is 0 Å². The Labute approximate surface area is 114 Å². The van der Waals surface area contributed by atoms with Crippen molar-refractivity contribution >= 4 is 17.5 Å². The molecule has 0 saturated carbocycles. The van der Waals surface area contributed by atoms with E-state index in [2.05, 4.69) is 10.6 Å². The SMILES string of the molecule is CC(=O)N[C@@H](C)C(=O)Nc1ccc(C)c(C(F)(F)F)c1. The maximum Gasteiger partial charge on any atom is 0.416 e. The molecular weight excluding hydrogens is 273 g/mol. The largest absolute Gasteiger partial charge is 0.416 e. The number of anilines is 1. The molecule has 1 aromatic rings. The van der Waals surface area contributed by atoms with Gasteiger partial charge in [-0.15, -0.1) is 0 Å². The van der Waals surface area contributed by atoms with Crippen LogP contribution in [0.1, 0.15) is 25.0 Å². The molecule has 110 valence electrons. The summed E-state index contributed by atoms with van der Waals surface area (Å²) in [7, 11) is 0. The number of carbonyl (C=O) groups is 2. The molecule has 0 aliphatic carbocycles. The molecule has 0 heterocycles. The smallest absolute Gasteiger partial charge is 0.345 e. The lowest BCUT2D eigenvalue weighted by Gasteiger charge is -2.15. The number of amides is 2. The standard InChI is InChI=1S/C13H15F3N2O2/c1-7-4-5-10(6-11(7)13(14,15)16)18-12(20)8(2)17-9(3)19/h4-6,8H,1-3H3,(H,17,19)(H,18,20)/t8-/m0/s1. The van der Waals surface area contributed by atoms with Gasteiger partial charge >= 0.3 is 6.18 Å². The maximum absolute atomic E-state index is 12.7. The van der Waals surface area contributed by atoms with Crippen molar-refractivity contribution in [3.8, 4) is 0 Å². The van der Waals surface area contributed by atoms with Gasteiger partial charge in [-0.25, -0.2) is 0 Å². The second kappa shape index (κ2) is 5.94. The number of halogens is 3. The molecule has 0 aromatic heterocycles. The van der Waals surface area contributed by atoms with Gasteiger partial charge in [-0.2, -0.15) is 13.2 Å². The van der Waals surface area contributed by atoms with E-state index in [0.717, 1.165) is 6.07 Å². The lowest BCUT2D eigenvalue weighted by Crippen LogP contribution is -2.40. The number of nitrogens with one attached hydrogen (secondary N) is 2. The normalized spacial score (nSPS) is 12.7. The minimum Gasteiger partial charge on any atom is -0.345 e. The van der Waals surface area contributed by atoms with Crippen LogP contribution in [0.2, 0.25) is 0 Å². The number of aryl methyl sites for hydroxylation is 1. The topological polar surface area (TPSA) is 58.2 Å². The minimum absolute atomic E-state index is 0.0325. The first-order chi connectivity index (χ1) is 9.11. The third kappa shape index (κ3) is 4.25. The highest BCUT2D eigenvalue weighted by Crippen LogP contribution is 2.33. The molecule has 0 radical (unpaired) electrons. The Hall–Kier alpha value is -2.05. The maximum atomic E-state index is 12.7. The summed E-state index contributed by atoms with van der Waals surface area (Å²) in [5.74, 6) is -0.982. The summed E-state index contributed by atoms with van der Waals surface area (Å²) in [5, 5.41) is 4.68. The fourth-order valence-electron chi connectivity index (χ4n) is 1.63. The fourth-order valence-corrected chi connectivity index (χ4v) is 1.63. The molecule has 0 bridgehead atoms. The van der Waals surface area contributed by atoms with Crippen molar-refractivity contribution in [3.63, 3.8) is 0 Å². The van der Waals surface area contributed by atoms with Crippen molar-refractivity contribution in [1.82, 2.24) is 5.32 Å². The average molecular weight is 288 g/mol. The molecular formula is C13H15F3N2O2. The van der Waals surface area contributed by atoms with Crippen molar-refractivity contribution in [2.24, 2.45) is 0 Å². The van der Waals surface area contributed by atoms with E-state index in [1.807, 2.05) is 0 Å². The summed E-state index contributed by atoms with van der Waals surface area (Å²) < 4.78 is 38.2. The van der Waals surface area contributed by atoms with Crippen LogP contribution < -0.4 is 10.6 Å². The Morgan fingerprint density at radius 1 is 1.25 bits per heavy atom. The summed E-state index contributed by atoms with van der Waals surface area (Å²) in [6.07, 6.45) is -4.48. The molecule has 20 heavy (non-hydrogen) atoms. The Morgan fingerprint density at radius 3 is 2.35 bits per heavy atom. The first kappa shape index (κ1) is 16.0. The van der Waals surface area contributed by atoms with Crippen LogP contribution >= 0.6 is 0 Å². The van der Waals surface area contributed by atoms with Crippen LogP contribution in [0.4, 0.5) is 18.9 Å². The quantitative estimate of drug-likeness (QED) is 0.897. The van der Waals surface area contributed by atoms with Gasteiger partial charge < -0.3 is 10.6 Å². The first-order valence-electron chi connectivity index (χ1n) is 5.87. The molecule has 2 N–H and O–H groups in total. The van der Waals surface area contributed by atoms with Crippen molar-refractivity contribution in [1.29, 1.82) is 0 Å². The number of hydrogen-bond donors (Lipinski definition) is 2. The lowest BCUT2D eigenvalue weighted by atomic mass is 10.1. The van der Waals surface area contributed by atoms with E-state index >= 15 is 0 Å². The molecule has 1 rings (SSSR count). The van der Waals surface area contributed by atoms with Crippen LogP contribution in [-0.2, 0) is 15.8 Å². The number of rotatable bonds is 3. The molecule has 0 spiro atoms. The molecule has 0 unspecified atom stereocenters. The number of alkyl halides is 3. The van der Waals surface area contributed by atoms with Crippen molar-refractivity contribution in [2.45, 2.75) is 33.0 Å². The molecule has 0 aliphatic heterocycles. The second-order valence-electron chi connectivity index (χ2n) is 4.44. The highest BCUT2D eigenvalue weighted by atomic mass is 19.4. The molecule has 0 fully saturated rings. The van der Waals surface area contributed by atoms with Crippen LogP contribution in [-0.4, -0.2) is 17.9 Å². The molecule has 2 amide bonds. The van der Waals surface area contributed by atoms with Gasteiger partial charge in [0.2, 0.25) is 11.8 Å². The molecule has 0 aliphatic rings. The van der Waals surface area contributed by atoms with E-state index in [-0.39, 0.29) is 11.3 Å². The van der Waals surface area contributed by atoms with E-state index < -0.39 is 29.6 Å². The van der Waals surface area contributed by atoms with E-state index in [4.69, 9.17) is 0 Å². The predicted molar refractivity (Wildman–Crippen MR) is 68.1 cm³/mol. The van der Waals surface area contributed by atoms with Crippen molar-refractivity contribution < 1.29 is 22.8 Å². The van der Waals surface area contributed by atoms with E-state index in [0.29, 0.717) is 0 Å². The van der Waals surface area contributed by atoms with Gasteiger partial charge in [0.25, 0.3) is 0 Å². The highest BCUT2D eigenvalue weighted by Gasteiger charge is 2.32. The van der Waals surface area contributed by atoms with Gasteiger partial charge in [0.05, 0.1) is 5.56 Å². The van der Waals surface area contributed by atoms with Crippen LogP contribution in [0.3, 0.4) is 0 Å². The number of hydrogen-bond acceptors (Lipinski definition) is 2. The summed E-state index contributed by atoms with van der Waals surface area (Å²) in [5.41, 5.74) is -0.696. The fraction of sp³-hybridized carbons (Fsp3) is 0.385. The molecule has 4 nitrogen and oxygen atoms in total. The lowest BCUT2D eigenvalue weighted by molar-refractivity contribution is -0.138. The van der Waals surface area contributed by atoms with Gasteiger partial charge in [-0.05, 0) is 31.5 Å². The monoisotopic (exact) mass is 288 g/mol. The average Bonchev–Trinajstić information content (AvgIpc) is 2.29. The van der Waals surface area contributed by atoms with Gasteiger partial charge in [-0.1, -0.05) is 6.07 Å². The number of benzene rings is 1. The van der Waals surface area contributed by atoms with Crippen LogP contribution in [0.25, 0.3) is 0 Å². The Kier molecular flexibility index (Phi) is 4.75. The van der Waals surface area contributed by atoms with Gasteiger partial charge in [0, 0.05) is 12.6 Å². The molecule has 1 atom stereocenters. The van der Waals surface area contributed by atoms with Gasteiger partial charge in [0.15, 0.2) is 0 Å². The van der Waals surface area contributed by atoms with E-state index in [9.17, 15) is 22.8 Å². The van der Waals surface area contributed by atoms with Crippen LogP contribution in [0, 0.1) is 6.92 Å². The molecule has 1 aromatic carbocycles. The summed E-state index contributed by atoms with van der Waals surface area (Å²) in [6, 6.07) is 2.70. The van der Waals surface area contributed by atoms with Crippen molar-refractivity contribution in [2.75, 3.05) is 5.32 Å². The Morgan fingerprint density at radius 2 is 1.85 bits per heavy atom. The van der Waals surface area contributed by atoms with Gasteiger partial charge in [0.1, 0.15) is 6.04 Å². The zero-order valence-corrected chi connectivity index (χ0v) is 11.3. The summed E-state index contributed by atoms with van der Waals surface area (Å²) >= 11 is 0. The summed E-state index contributed by atoms with van der Waals surface area (Å²) in [6.45, 7) is 4.03. The Bertz CT molecular complexity index is 527. The molecule has 7 heteroatoms. The predicted octanol–water partition coefficient (Wildman–Crippen LogP) is 2.48. The minimum atomic E-state index is -4.48. The zero-order chi connectivity index (χ0) is 15.5. The highest BCUT2D eigenvalue weighted by molar-refractivity contribution is 5.96. The van der Waals surface area contributed by atoms with Crippen molar-refractivity contribution in [3.05, 3.63) is 29.3 Å². The third-order valence-corrected chi connectivity index (χ3v) is 2.62. The number of carbonyl (C=O) groups excluding carboxylic acids is 2. The Balaban J connectivity index is 2.89. The summed E-state index contributed by atoms with van der Waals surface area (Å²) in [4.78, 5) is 22.5. The van der Waals surface area contributed by atoms with E-state index in [1.165, 1.54) is 32.9 Å². The zero-order valence-electron chi connectivity index (χ0n) is 11.3. The molecule has 0 saturated heterocycles. The third-order valence-electron chi connectivity index (χ3n) is 2.62.